The summed E-state index contributed by atoms with van der Waals surface area (Å²) in [6.45, 7) is 0. The first-order valence-corrected chi connectivity index (χ1v) is 9.00. The number of methoxy groups -OCH3 is 1. The van der Waals surface area contributed by atoms with Crippen LogP contribution in [0.3, 0.4) is 0 Å². The number of rotatable bonds is 4. The van der Waals surface area contributed by atoms with Crippen LogP contribution >= 0.6 is 35.0 Å². The van der Waals surface area contributed by atoms with E-state index in [1.54, 1.807) is 30.3 Å². The lowest BCUT2D eigenvalue weighted by atomic mass is 10.2. The summed E-state index contributed by atoms with van der Waals surface area (Å²) in [6.07, 6.45) is 0.0439. The van der Waals surface area contributed by atoms with Crippen LogP contribution in [-0.2, 0) is 9.59 Å². The average molecular weight is 397 g/mol. The molecule has 130 valence electrons. The van der Waals surface area contributed by atoms with E-state index in [1.165, 1.54) is 18.9 Å². The van der Waals surface area contributed by atoms with Gasteiger partial charge in [-0.25, -0.2) is 0 Å². The molecule has 5 nitrogen and oxygen atoms in total. The maximum Gasteiger partial charge on any atom is 0.238 e. The molecule has 0 saturated heterocycles. The first kappa shape index (κ1) is 17.9. The van der Waals surface area contributed by atoms with Crippen molar-refractivity contribution in [3.8, 4) is 5.75 Å². The fourth-order valence-corrected chi connectivity index (χ4v) is 3.90. The molecule has 1 unspecified atom stereocenters. The first-order valence-electron chi connectivity index (χ1n) is 7.36. The minimum Gasteiger partial charge on any atom is -0.495 e. The summed E-state index contributed by atoms with van der Waals surface area (Å²) < 4.78 is 5.07. The Morgan fingerprint density at radius 3 is 2.80 bits per heavy atom. The summed E-state index contributed by atoms with van der Waals surface area (Å²) in [6, 6.07) is 10.2. The SMILES string of the molecule is COc1ccc(NC(=O)CC2Sc3ccc(Cl)cc3NC2=O)cc1Cl. The molecule has 1 aliphatic heterocycles. The number of thioether (sulfide) groups is 1. The number of ether oxygens (including phenoxy) is 1. The number of hydrogen-bond acceptors (Lipinski definition) is 4. The third kappa shape index (κ3) is 4.21. The molecule has 1 heterocycles. The van der Waals surface area contributed by atoms with Crippen molar-refractivity contribution in [1.82, 2.24) is 0 Å². The highest BCUT2D eigenvalue weighted by Gasteiger charge is 2.29. The molecule has 0 bridgehead atoms. The number of halogens is 2. The Hall–Kier alpha value is -1.89. The maximum atomic E-state index is 12.3. The highest BCUT2D eigenvalue weighted by molar-refractivity contribution is 8.01. The summed E-state index contributed by atoms with van der Waals surface area (Å²) in [7, 11) is 1.52. The minimum absolute atomic E-state index is 0.0439. The zero-order valence-corrected chi connectivity index (χ0v) is 15.5. The largest absolute Gasteiger partial charge is 0.495 e. The second kappa shape index (κ2) is 7.56. The fraction of sp³-hybridized carbons (Fsp3) is 0.176. The van der Waals surface area contributed by atoms with Crippen LogP contribution in [0.1, 0.15) is 6.42 Å². The van der Waals surface area contributed by atoms with Gasteiger partial charge in [0.25, 0.3) is 0 Å². The van der Waals surface area contributed by atoms with E-state index in [9.17, 15) is 9.59 Å². The molecule has 1 atom stereocenters. The molecule has 25 heavy (non-hydrogen) atoms. The van der Waals surface area contributed by atoms with Gasteiger partial charge in [-0.3, -0.25) is 9.59 Å². The van der Waals surface area contributed by atoms with Crippen molar-refractivity contribution in [2.45, 2.75) is 16.6 Å². The third-order valence-corrected chi connectivity index (χ3v) is 5.37. The fourth-order valence-electron chi connectivity index (χ4n) is 2.38. The van der Waals surface area contributed by atoms with Gasteiger partial charge in [-0.05, 0) is 36.4 Å². The number of nitrogens with one attached hydrogen (secondary N) is 2. The van der Waals surface area contributed by atoms with Gasteiger partial charge in [0.15, 0.2) is 0 Å². The monoisotopic (exact) mass is 396 g/mol. The van der Waals surface area contributed by atoms with Crippen molar-refractivity contribution < 1.29 is 14.3 Å². The van der Waals surface area contributed by atoms with E-state index in [0.717, 1.165) is 4.90 Å². The van der Waals surface area contributed by atoms with Crippen molar-refractivity contribution >= 4 is 58.2 Å². The van der Waals surface area contributed by atoms with Gasteiger partial charge in [-0.1, -0.05) is 23.2 Å². The number of amides is 2. The number of fused-ring (bicyclic) bond motifs is 1. The van der Waals surface area contributed by atoms with Gasteiger partial charge in [-0.2, -0.15) is 0 Å². The smallest absolute Gasteiger partial charge is 0.238 e. The number of anilines is 2. The average Bonchev–Trinajstić information content (AvgIpc) is 2.56. The predicted octanol–water partition coefficient (Wildman–Crippen LogP) is 4.44. The van der Waals surface area contributed by atoms with Crippen LogP contribution < -0.4 is 15.4 Å². The Bertz CT molecular complexity index is 845. The molecule has 0 radical (unpaired) electrons. The molecule has 2 aromatic carbocycles. The summed E-state index contributed by atoms with van der Waals surface area (Å²) in [5.41, 5.74) is 1.21. The predicted molar refractivity (Wildman–Crippen MR) is 101 cm³/mol. The molecule has 1 aliphatic rings. The summed E-state index contributed by atoms with van der Waals surface area (Å²) in [5.74, 6) is 0.0334. The van der Waals surface area contributed by atoms with E-state index in [-0.39, 0.29) is 18.2 Å². The molecule has 2 aromatic rings. The lowest BCUT2D eigenvalue weighted by Gasteiger charge is -2.23. The van der Waals surface area contributed by atoms with Gasteiger partial charge in [0.05, 0.1) is 23.1 Å². The van der Waals surface area contributed by atoms with Crippen LogP contribution in [0.4, 0.5) is 11.4 Å². The Balaban J connectivity index is 1.66. The Labute approximate surface area is 159 Å². The second-order valence-corrected chi connectivity index (χ2v) is 7.43. The van der Waals surface area contributed by atoms with Crippen molar-refractivity contribution in [2.75, 3.05) is 17.7 Å². The molecule has 8 heteroatoms. The molecule has 0 fully saturated rings. The number of hydrogen-bond donors (Lipinski definition) is 2. The topological polar surface area (TPSA) is 67.4 Å². The molecule has 2 amide bonds. The summed E-state index contributed by atoms with van der Waals surface area (Å²) >= 11 is 13.3. The van der Waals surface area contributed by atoms with E-state index < -0.39 is 5.25 Å². The van der Waals surface area contributed by atoms with Gasteiger partial charge < -0.3 is 15.4 Å². The van der Waals surface area contributed by atoms with Crippen LogP contribution in [0, 0.1) is 0 Å². The first-order chi connectivity index (χ1) is 12.0. The molecule has 3 rings (SSSR count). The van der Waals surface area contributed by atoms with Crippen molar-refractivity contribution in [3.63, 3.8) is 0 Å². The normalized spacial score (nSPS) is 16.0. The van der Waals surface area contributed by atoms with Crippen LogP contribution in [0.25, 0.3) is 0 Å². The van der Waals surface area contributed by atoms with Crippen LogP contribution in [0.5, 0.6) is 5.75 Å². The summed E-state index contributed by atoms with van der Waals surface area (Å²) in [5, 5.41) is 5.96. The molecular weight excluding hydrogens is 383 g/mol. The van der Waals surface area contributed by atoms with Gasteiger partial charge in [0.1, 0.15) is 5.75 Å². The zero-order chi connectivity index (χ0) is 18.0. The van der Waals surface area contributed by atoms with Gasteiger partial charge in [-0.15, -0.1) is 11.8 Å². The standard InChI is InChI=1S/C17H14Cl2N2O3S/c1-24-13-4-3-10(7-11(13)19)20-16(22)8-15-17(23)21-12-6-9(18)2-5-14(12)25-15/h2-7,15H,8H2,1H3,(H,20,22)(H,21,23). The quantitative estimate of drug-likeness (QED) is 0.800. The van der Waals surface area contributed by atoms with Gasteiger partial charge >= 0.3 is 0 Å². The van der Waals surface area contributed by atoms with E-state index in [0.29, 0.717) is 27.2 Å². The maximum absolute atomic E-state index is 12.3. The van der Waals surface area contributed by atoms with E-state index in [4.69, 9.17) is 27.9 Å². The van der Waals surface area contributed by atoms with Crippen LogP contribution in [0.2, 0.25) is 10.0 Å². The second-order valence-electron chi connectivity index (χ2n) is 5.34. The molecule has 0 spiro atoms. The highest BCUT2D eigenvalue weighted by atomic mass is 35.5. The lowest BCUT2D eigenvalue weighted by molar-refractivity contribution is -0.120. The van der Waals surface area contributed by atoms with Crippen molar-refractivity contribution in [3.05, 3.63) is 46.4 Å². The minimum atomic E-state index is -0.512. The van der Waals surface area contributed by atoms with Gasteiger partial charge in [0, 0.05) is 22.0 Å². The zero-order valence-electron chi connectivity index (χ0n) is 13.1. The molecule has 0 aromatic heterocycles. The number of carbonyl (C=O) groups excluding carboxylic acids is 2. The van der Waals surface area contributed by atoms with Gasteiger partial charge in [0.2, 0.25) is 11.8 Å². The van der Waals surface area contributed by atoms with Crippen molar-refractivity contribution in [1.29, 1.82) is 0 Å². The molecule has 0 aliphatic carbocycles. The Kier molecular flexibility index (Phi) is 5.42. The number of carbonyl (C=O) groups is 2. The highest BCUT2D eigenvalue weighted by Crippen LogP contribution is 2.38. The number of benzene rings is 2. The summed E-state index contributed by atoms with van der Waals surface area (Å²) in [4.78, 5) is 25.3. The Morgan fingerprint density at radius 1 is 1.28 bits per heavy atom. The van der Waals surface area contributed by atoms with E-state index >= 15 is 0 Å². The van der Waals surface area contributed by atoms with Crippen molar-refractivity contribution in [2.24, 2.45) is 0 Å². The van der Waals surface area contributed by atoms with E-state index in [2.05, 4.69) is 10.6 Å². The third-order valence-electron chi connectivity index (χ3n) is 3.57. The molecular formula is C17H14Cl2N2O3S. The van der Waals surface area contributed by atoms with Crippen LogP contribution in [-0.4, -0.2) is 24.2 Å². The van der Waals surface area contributed by atoms with Crippen LogP contribution in [0.15, 0.2) is 41.3 Å². The molecule has 2 N–H and O–H groups in total. The van der Waals surface area contributed by atoms with E-state index in [1.807, 2.05) is 6.07 Å². The molecule has 0 saturated carbocycles. The lowest BCUT2D eigenvalue weighted by Crippen LogP contribution is -2.32. The Morgan fingerprint density at radius 2 is 2.08 bits per heavy atom.